The van der Waals surface area contributed by atoms with Crippen molar-refractivity contribution in [1.82, 2.24) is 0 Å². The van der Waals surface area contributed by atoms with Gasteiger partial charge in [-0.25, -0.2) is 0 Å². The molecule has 2 aliphatic heterocycles. The fourth-order valence-electron chi connectivity index (χ4n) is 6.43. The van der Waals surface area contributed by atoms with Gasteiger partial charge in [-0.2, -0.15) is 0 Å². The highest BCUT2D eigenvalue weighted by Crippen LogP contribution is 2.46. The summed E-state index contributed by atoms with van der Waals surface area (Å²) in [5.74, 6) is 2.46. The van der Waals surface area contributed by atoms with E-state index in [0.29, 0.717) is 0 Å². The van der Waals surface area contributed by atoms with Crippen molar-refractivity contribution in [2.75, 3.05) is 16.8 Å². The van der Waals surface area contributed by atoms with Crippen molar-refractivity contribution >= 4 is 45.6 Å². The fourth-order valence-corrected chi connectivity index (χ4v) is 6.43. The van der Waals surface area contributed by atoms with Gasteiger partial charge in [0.25, 0.3) is 0 Å². The molecule has 0 radical (unpaired) electrons. The lowest BCUT2D eigenvalue weighted by atomic mass is 9.85. The van der Waals surface area contributed by atoms with E-state index in [1.807, 2.05) is 4.58 Å². The van der Waals surface area contributed by atoms with Crippen molar-refractivity contribution in [1.29, 1.82) is 0 Å². The van der Waals surface area contributed by atoms with Crippen molar-refractivity contribution in [2.45, 2.75) is 47.0 Å². The van der Waals surface area contributed by atoms with E-state index in [4.69, 9.17) is 4.74 Å². The number of allylic oxidation sites excluding steroid dienone is 2. The zero-order chi connectivity index (χ0) is 32.5. The number of ether oxygens (including phenoxy) is 1. The van der Waals surface area contributed by atoms with Gasteiger partial charge in [-0.05, 0) is 70.3 Å². The molecule has 2 aliphatic rings. The van der Waals surface area contributed by atoms with Crippen LogP contribution in [0.3, 0.4) is 0 Å². The number of anilines is 3. The first-order valence-corrected chi connectivity index (χ1v) is 15.9. The standard InChI is InChI=1S/C41H42N4O/c1-27-43(9)36-16-12-13-17-37(36)44(27)30-22-29(41(5,6)7)23-32(25-30)46-31-18-19-34-33-14-10-11-15-35(33)45(38(34)26-31)39-24-28(40(2,3)4)20-21-42(39)8/h10-26H,1,8H2,2-7,9H3. The molecule has 0 atom stereocenters. The maximum absolute atomic E-state index is 6.76. The van der Waals surface area contributed by atoms with Gasteiger partial charge in [0.1, 0.15) is 28.4 Å². The Balaban J connectivity index is 1.36. The van der Waals surface area contributed by atoms with E-state index < -0.39 is 0 Å². The molecular formula is C41H42N4O. The largest absolute Gasteiger partial charge is 0.458 e. The third-order valence-corrected chi connectivity index (χ3v) is 9.13. The molecule has 7 rings (SSSR count). The molecule has 5 aromatic rings. The van der Waals surface area contributed by atoms with Crippen molar-refractivity contribution in [2.24, 2.45) is 5.41 Å². The SMILES string of the molecule is C=C1N(C)c2ccccc2N1c1cc(Oc2ccc3c4ccccc4[n+]([C-]4C=C(C(C)(C)C)C=C[N+]4=C)[c-]3c2)cc(C(C)(C)C)c1. The van der Waals surface area contributed by atoms with Crippen LogP contribution in [0.5, 0.6) is 11.5 Å². The van der Waals surface area contributed by atoms with Gasteiger partial charge in [-0.1, -0.05) is 89.9 Å². The maximum Gasteiger partial charge on any atom is 0.316 e. The van der Waals surface area contributed by atoms with E-state index in [-0.39, 0.29) is 10.8 Å². The lowest BCUT2D eigenvalue weighted by molar-refractivity contribution is -0.730. The average Bonchev–Trinajstić information content (AvgIpc) is 3.47. The summed E-state index contributed by atoms with van der Waals surface area (Å²) >= 11 is 0. The molecule has 0 bridgehead atoms. The van der Waals surface area contributed by atoms with Gasteiger partial charge in [0.05, 0.1) is 23.3 Å². The summed E-state index contributed by atoms with van der Waals surface area (Å²) in [5.41, 5.74) is 7.82. The quantitative estimate of drug-likeness (QED) is 0.150. The summed E-state index contributed by atoms with van der Waals surface area (Å²) in [6.45, 7) is 22.2. The van der Waals surface area contributed by atoms with Crippen LogP contribution in [0.15, 0.2) is 121 Å². The van der Waals surface area contributed by atoms with Gasteiger partial charge >= 0.3 is 6.17 Å². The molecule has 5 heteroatoms. The normalized spacial score (nSPS) is 15.3. The fraction of sp³-hybridized carbons (Fsp3) is 0.220. The van der Waals surface area contributed by atoms with E-state index in [0.717, 1.165) is 51.6 Å². The number of hydrogen-bond acceptors (Lipinski definition) is 3. The van der Waals surface area contributed by atoms with Crippen LogP contribution in [0.4, 0.5) is 17.1 Å². The number of nitrogens with zero attached hydrogens (tertiary/aromatic N) is 4. The van der Waals surface area contributed by atoms with Crippen LogP contribution in [-0.4, -0.2) is 18.3 Å². The lowest BCUT2D eigenvalue weighted by Gasteiger charge is -2.29. The van der Waals surface area contributed by atoms with Crippen LogP contribution in [0, 0.1) is 11.6 Å². The zero-order valence-corrected chi connectivity index (χ0v) is 27.9. The molecule has 0 spiro atoms. The highest BCUT2D eigenvalue weighted by Gasteiger charge is 2.31. The molecule has 46 heavy (non-hydrogen) atoms. The van der Waals surface area contributed by atoms with Crippen molar-refractivity contribution in [3.63, 3.8) is 0 Å². The minimum Gasteiger partial charge on any atom is -0.458 e. The third-order valence-electron chi connectivity index (χ3n) is 9.13. The monoisotopic (exact) mass is 606 g/mol. The number of hydrogen-bond donors (Lipinski definition) is 0. The molecule has 0 N–H and O–H groups in total. The molecule has 3 heterocycles. The van der Waals surface area contributed by atoms with Crippen LogP contribution in [0.1, 0.15) is 47.1 Å². The minimum absolute atomic E-state index is 0.00177. The van der Waals surface area contributed by atoms with E-state index in [2.05, 4.69) is 180 Å². The van der Waals surface area contributed by atoms with E-state index in [1.54, 1.807) is 0 Å². The molecule has 5 nitrogen and oxygen atoms in total. The zero-order valence-electron chi connectivity index (χ0n) is 27.9. The Kier molecular flexibility index (Phi) is 6.71. The number of benzene rings is 4. The van der Waals surface area contributed by atoms with E-state index >= 15 is 0 Å². The molecule has 232 valence electrons. The van der Waals surface area contributed by atoms with Gasteiger partial charge in [0.2, 0.25) is 0 Å². The Labute approximate surface area is 272 Å². The Bertz CT molecular complexity index is 2110. The van der Waals surface area contributed by atoms with Gasteiger partial charge in [0.15, 0.2) is 0 Å². The maximum atomic E-state index is 6.76. The van der Waals surface area contributed by atoms with Gasteiger partial charge in [-0.3, -0.25) is 14.0 Å². The second-order valence-electron chi connectivity index (χ2n) is 14.4. The number of fused-ring (bicyclic) bond motifs is 4. The van der Waals surface area contributed by atoms with Crippen LogP contribution >= 0.6 is 0 Å². The van der Waals surface area contributed by atoms with Crippen molar-refractivity contribution in [3.05, 3.63) is 133 Å². The summed E-state index contributed by atoms with van der Waals surface area (Å²) in [5, 5.41) is 2.36. The Hall–Kier alpha value is -5.16. The predicted molar refractivity (Wildman–Crippen MR) is 191 cm³/mol. The molecule has 0 saturated heterocycles. The molecule has 0 fully saturated rings. The van der Waals surface area contributed by atoms with Gasteiger partial charge in [-0.15, -0.1) is 11.6 Å². The summed E-state index contributed by atoms with van der Waals surface area (Å²) < 4.78 is 11.0. The second-order valence-corrected chi connectivity index (χ2v) is 14.4. The van der Waals surface area contributed by atoms with E-state index in [1.165, 1.54) is 21.9 Å². The molecule has 0 unspecified atom stereocenters. The Morgan fingerprint density at radius 2 is 1.52 bits per heavy atom. The predicted octanol–water partition coefficient (Wildman–Crippen LogP) is 9.70. The highest BCUT2D eigenvalue weighted by atomic mass is 16.5. The average molecular weight is 607 g/mol. The number of rotatable bonds is 4. The molecular weight excluding hydrogens is 564 g/mol. The Morgan fingerprint density at radius 3 is 2.26 bits per heavy atom. The summed E-state index contributed by atoms with van der Waals surface area (Å²) in [6, 6.07) is 29.9. The van der Waals surface area contributed by atoms with Crippen molar-refractivity contribution in [3.8, 4) is 11.5 Å². The van der Waals surface area contributed by atoms with Crippen LogP contribution in [0.2, 0.25) is 0 Å². The van der Waals surface area contributed by atoms with Crippen LogP contribution < -0.4 is 19.1 Å². The first kappa shape index (κ1) is 29.5. The van der Waals surface area contributed by atoms with Crippen molar-refractivity contribution < 1.29 is 13.9 Å². The topological polar surface area (TPSA) is 22.6 Å². The smallest absolute Gasteiger partial charge is 0.316 e. The first-order valence-electron chi connectivity index (χ1n) is 15.9. The minimum atomic E-state index is -0.0865. The summed E-state index contributed by atoms with van der Waals surface area (Å²) in [7, 11) is 2.06. The van der Waals surface area contributed by atoms with Gasteiger partial charge < -0.3 is 9.64 Å². The highest BCUT2D eigenvalue weighted by molar-refractivity contribution is 6.04. The molecule has 4 aromatic carbocycles. The number of para-hydroxylation sites is 3. The summed E-state index contributed by atoms with van der Waals surface area (Å²) in [6.07, 6.45) is 7.47. The third kappa shape index (κ3) is 4.87. The molecule has 0 aliphatic carbocycles. The van der Waals surface area contributed by atoms with E-state index in [9.17, 15) is 0 Å². The summed E-state index contributed by atoms with van der Waals surface area (Å²) in [4.78, 5) is 4.35. The van der Waals surface area contributed by atoms with Crippen LogP contribution in [0.25, 0.3) is 21.8 Å². The molecule has 0 saturated carbocycles. The first-order chi connectivity index (χ1) is 21.8. The lowest BCUT2D eigenvalue weighted by Crippen LogP contribution is -2.45. The number of aromatic nitrogens is 1. The Morgan fingerprint density at radius 1 is 0.804 bits per heavy atom. The van der Waals surface area contributed by atoms with Crippen LogP contribution in [-0.2, 0) is 5.41 Å². The molecule has 1 aromatic heterocycles. The molecule has 0 amide bonds. The van der Waals surface area contributed by atoms with Gasteiger partial charge in [0, 0.05) is 19.8 Å². The second kappa shape index (κ2) is 10.4.